The van der Waals surface area contributed by atoms with Crippen molar-refractivity contribution in [2.24, 2.45) is 5.92 Å². The van der Waals surface area contributed by atoms with Crippen molar-refractivity contribution in [3.05, 3.63) is 11.6 Å². The van der Waals surface area contributed by atoms with Crippen molar-refractivity contribution in [3.8, 4) is 0 Å². The molecule has 1 nitrogen and oxygen atoms in total. The summed E-state index contributed by atoms with van der Waals surface area (Å²) in [6, 6.07) is 0. The van der Waals surface area contributed by atoms with Gasteiger partial charge in [0.05, 0.1) is 5.60 Å². The van der Waals surface area contributed by atoms with E-state index < -0.39 is 0 Å². The molecule has 3 aliphatic carbocycles. The molecule has 0 aromatic heterocycles. The lowest BCUT2D eigenvalue weighted by molar-refractivity contribution is 0.0494. The van der Waals surface area contributed by atoms with Gasteiger partial charge in [-0.15, -0.1) is 0 Å². The number of alkyl halides is 1. The summed E-state index contributed by atoms with van der Waals surface area (Å²) in [5.74, 6) is 0.757. The maximum absolute atomic E-state index is 10.4. The fourth-order valence-electron chi connectivity index (χ4n) is 3.87. The number of hydrogen-bond acceptors (Lipinski definition) is 1. The Balaban J connectivity index is 1.89. The first-order valence-corrected chi connectivity index (χ1v) is 7.31. The van der Waals surface area contributed by atoms with Crippen molar-refractivity contribution in [2.45, 2.75) is 60.4 Å². The predicted molar refractivity (Wildman–Crippen MR) is 70.2 cm³/mol. The summed E-state index contributed by atoms with van der Waals surface area (Å²) in [6.45, 7) is 0. The Labute approximate surface area is 105 Å². The van der Waals surface area contributed by atoms with Crippen molar-refractivity contribution in [1.29, 1.82) is 0 Å². The van der Waals surface area contributed by atoms with Gasteiger partial charge in [0, 0.05) is 3.42 Å². The Bertz CT molecular complexity index is 312. The molecule has 0 aromatic rings. The van der Waals surface area contributed by atoms with Gasteiger partial charge in [0.1, 0.15) is 0 Å². The van der Waals surface area contributed by atoms with E-state index in [1.807, 2.05) is 0 Å². The normalized spacial score (nSPS) is 49.5. The van der Waals surface area contributed by atoms with E-state index in [-0.39, 0.29) is 5.60 Å². The molecular formula is C13H19IO. The summed E-state index contributed by atoms with van der Waals surface area (Å²) in [5.41, 5.74) is 1.36. The Morgan fingerprint density at radius 1 is 1.40 bits per heavy atom. The lowest BCUT2D eigenvalue weighted by atomic mass is 9.78. The van der Waals surface area contributed by atoms with Gasteiger partial charge in [-0.25, -0.2) is 0 Å². The zero-order valence-corrected chi connectivity index (χ0v) is 11.3. The summed E-state index contributed by atoms with van der Waals surface area (Å²) in [6.07, 6.45) is 12.1. The molecule has 15 heavy (non-hydrogen) atoms. The van der Waals surface area contributed by atoms with Crippen LogP contribution in [-0.2, 0) is 0 Å². The average Bonchev–Trinajstić information content (AvgIpc) is 2.73. The molecule has 0 radical (unpaired) electrons. The lowest BCUT2D eigenvalue weighted by Gasteiger charge is -2.37. The summed E-state index contributed by atoms with van der Waals surface area (Å²) < 4.78 is 0.325. The molecule has 3 aliphatic rings. The molecule has 0 amide bonds. The zero-order chi connectivity index (χ0) is 10.5. The van der Waals surface area contributed by atoms with Gasteiger partial charge in [-0.2, -0.15) is 0 Å². The van der Waals surface area contributed by atoms with Crippen LogP contribution in [0.15, 0.2) is 11.6 Å². The van der Waals surface area contributed by atoms with Crippen LogP contribution in [0.1, 0.15) is 51.4 Å². The van der Waals surface area contributed by atoms with Crippen LogP contribution in [0.3, 0.4) is 0 Å². The van der Waals surface area contributed by atoms with Crippen molar-refractivity contribution in [2.75, 3.05) is 0 Å². The molecule has 3 rings (SSSR count). The van der Waals surface area contributed by atoms with Gasteiger partial charge in [-0.05, 0) is 57.3 Å². The minimum Gasteiger partial charge on any atom is -0.390 e. The van der Waals surface area contributed by atoms with Gasteiger partial charge in [-0.3, -0.25) is 0 Å². The monoisotopic (exact) mass is 318 g/mol. The molecule has 0 saturated heterocycles. The molecular weight excluding hydrogens is 299 g/mol. The molecule has 2 saturated carbocycles. The Morgan fingerprint density at radius 2 is 2.27 bits per heavy atom. The molecule has 0 heterocycles. The Morgan fingerprint density at radius 3 is 2.80 bits per heavy atom. The molecule has 3 atom stereocenters. The first kappa shape index (κ1) is 10.6. The smallest absolute Gasteiger partial charge is 0.0667 e. The molecule has 0 spiro atoms. The van der Waals surface area contributed by atoms with E-state index in [1.165, 1.54) is 32.1 Å². The third-order valence-corrected chi connectivity index (χ3v) is 6.60. The van der Waals surface area contributed by atoms with E-state index in [2.05, 4.69) is 28.7 Å². The highest BCUT2D eigenvalue weighted by Crippen LogP contribution is 2.61. The van der Waals surface area contributed by atoms with Gasteiger partial charge in [0.2, 0.25) is 0 Å². The molecule has 3 unspecified atom stereocenters. The second-order valence-corrected chi connectivity index (χ2v) is 7.60. The molecule has 84 valence electrons. The van der Waals surface area contributed by atoms with Crippen LogP contribution in [-0.4, -0.2) is 14.1 Å². The largest absolute Gasteiger partial charge is 0.390 e. The highest BCUT2D eigenvalue weighted by Gasteiger charge is 2.58. The first-order chi connectivity index (χ1) is 7.12. The highest BCUT2D eigenvalue weighted by atomic mass is 127. The topological polar surface area (TPSA) is 20.2 Å². The SMILES string of the molecule is OC12CCC(C1)C(I)(C1=CCCCC1)C2. The fraction of sp³-hybridized carbons (Fsp3) is 0.846. The van der Waals surface area contributed by atoms with Crippen LogP contribution in [0.25, 0.3) is 0 Å². The zero-order valence-electron chi connectivity index (χ0n) is 9.14. The van der Waals surface area contributed by atoms with E-state index in [9.17, 15) is 5.11 Å². The van der Waals surface area contributed by atoms with Crippen LogP contribution in [0.5, 0.6) is 0 Å². The van der Waals surface area contributed by atoms with E-state index in [0.29, 0.717) is 3.42 Å². The Kier molecular flexibility index (Phi) is 2.44. The van der Waals surface area contributed by atoms with Gasteiger partial charge >= 0.3 is 0 Å². The quantitative estimate of drug-likeness (QED) is 0.445. The van der Waals surface area contributed by atoms with E-state index in [0.717, 1.165) is 25.2 Å². The van der Waals surface area contributed by atoms with E-state index >= 15 is 0 Å². The number of aliphatic hydroxyl groups is 1. The van der Waals surface area contributed by atoms with Crippen LogP contribution in [0.4, 0.5) is 0 Å². The van der Waals surface area contributed by atoms with Gasteiger partial charge in [-0.1, -0.05) is 34.2 Å². The van der Waals surface area contributed by atoms with Crippen LogP contribution in [0, 0.1) is 5.92 Å². The van der Waals surface area contributed by atoms with Gasteiger partial charge in [0.25, 0.3) is 0 Å². The van der Waals surface area contributed by atoms with Gasteiger partial charge in [0.15, 0.2) is 0 Å². The van der Waals surface area contributed by atoms with E-state index in [4.69, 9.17) is 0 Å². The summed E-state index contributed by atoms with van der Waals surface area (Å²) >= 11 is 2.66. The Hall–Kier alpha value is 0.430. The molecule has 1 N–H and O–H groups in total. The number of halogens is 1. The lowest BCUT2D eigenvalue weighted by Crippen LogP contribution is -2.35. The molecule has 0 aliphatic heterocycles. The summed E-state index contributed by atoms with van der Waals surface area (Å²) in [4.78, 5) is 0. The van der Waals surface area contributed by atoms with Crippen molar-refractivity contribution in [1.82, 2.24) is 0 Å². The first-order valence-electron chi connectivity index (χ1n) is 6.23. The maximum Gasteiger partial charge on any atom is 0.0667 e. The number of rotatable bonds is 1. The summed E-state index contributed by atoms with van der Waals surface area (Å²) in [7, 11) is 0. The van der Waals surface area contributed by atoms with Crippen molar-refractivity contribution >= 4 is 22.6 Å². The van der Waals surface area contributed by atoms with Crippen LogP contribution >= 0.6 is 22.6 Å². The number of hydrogen-bond donors (Lipinski definition) is 1. The van der Waals surface area contributed by atoms with Crippen LogP contribution in [0.2, 0.25) is 0 Å². The maximum atomic E-state index is 10.4. The molecule has 2 bridgehead atoms. The fourth-order valence-corrected chi connectivity index (χ4v) is 5.60. The van der Waals surface area contributed by atoms with E-state index in [1.54, 1.807) is 5.57 Å². The average molecular weight is 318 g/mol. The van der Waals surface area contributed by atoms with Crippen molar-refractivity contribution in [3.63, 3.8) is 0 Å². The standard InChI is InChI=1S/C13H19IO/c14-13(10-4-2-1-3-5-10)9-12(15)7-6-11(13)8-12/h4,11,15H,1-3,5-9H2. The van der Waals surface area contributed by atoms with Crippen molar-refractivity contribution < 1.29 is 5.11 Å². The molecule has 2 fully saturated rings. The van der Waals surface area contributed by atoms with Gasteiger partial charge < -0.3 is 5.11 Å². The third-order valence-electron chi connectivity index (χ3n) is 4.64. The second-order valence-electron chi connectivity index (χ2n) is 5.68. The highest BCUT2D eigenvalue weighted by molar-refractivity contribution is 14.1. The molecule has 2 heteroatoms. The molecule has 0 aromatic carbocycles. The second kappa shape index (κ2) is 3.46. The minimum atomic E-state index is -0.301. The van der Waals surface area contributed by atoms with Crippen LogP contribution < -0.4 is 0 Å². The third kappa shape index (κ3) is 1.59. The summed E-state index contributed by atoms with van der Waals surface area (Å²) in [5, 5.41) is 10.4. The number of allylic oxidation sites excluding steroid dienone is 2. The predicted octanol–water partition coefficient (Wildman–Crippen LogP) is 3.60. The number of fused-ring (bicyclic) bond motifs is 2. The minimum absolute atomic E-state index is 0.301.